The van der Waals surface area contributed by atoms with Crippen LogP contribution < -0.4 is 19.9 Å². The molecule has 6 aromatic rings. The van der Waals surface area contributed by atoms with Crippen molar-refractivity contribution >= 4 is 32.3 Å². The van der Waals surface area contributed by atoms with Crippen LogP contribution in [0, 0.1) is 13.3 Å². The van der Waals surface area contributed by atoms with Gasteiger partial charge in [0, 0.05) is 0 Å². The number of imidazole rings is 4. The van der Waals surface area contributed by atoms with E-state index in [4.69, 9.17) is 13.0 Å². The van der Waals surface area contributed by atoms with Crippen molar-refractivity contribution in [2.24, 2.45) is 0 Å². The number of nitrogens with zero attached hydrogens (tertiary/aromatic N) is 14. The van der Waals surface area contributed by atoms with Crippen molar-refractivity contribution in [1.29, 1.82) is 0 Å². The van der Waals surface area contributed by atoms with Crippen LogP contribution in [0.1, 0.15) is 130 Å². The molecule has 8 rings (SSSR count). The maximum atomic E-state index is 10.7. The van der Waals surface area contributed by atoms with Crippen LogP contribution in [0.2, 0.25) is 0 Å². The Morgan fingerprint density at radius 1 is 0.519 bits per heavy atom. The van der Waals surface area contributed by atoms with Gasteiger partial charge in [-0.1, -0.05) is 166 Å². The first kappa shape index (κ1) is 73.5. The molecule has 0 atom stereocenters. The number of aromatic nitrogens is 10. The summed E-state index contributed by atoms with van der Waals surface area (Å²) in [6.07, 6.45) is 43.5. The standard InChI is InChI=1S/2C15H29N2.2C11H7N5.CHF3O3S.Ag.2Au.BrH.ClH/c2*1-3-5-7-9-11-16-13-14-17(15-16)12-10-8-6-4-2;2*1-2-8(10-12-4-5-13-10)16-9(3-1)11-14-6-7-15-11;2-1(3,4)8(5,6)7;;;;;/h2*13-15H,3-12H2,1-2H3;2*1-7H;(H,5,6,7);;;;2*1H/q2*-1;2*-2;;2*+1;+3;;/p-3. The average Bonchev–Trinajstić information content (AvgIpc) is 4.33. The van der Waals surface area contributed by atoms with Crippen molar-refractivity contribution in [3.05, 3.63) is 124 Å². The van der Waals surface area contributed by atoms with Gasteiger partial charge < -0.3 is 64.0 Å². The Kier molecular flexibility index (Phi) is 42.0. The maximum absolute atomic E-state index is 10.7. The van der Waals surface area contributed by atoms with Crippen LogP contribution in [0.4, 0.5) is 13.2 Å². The van der Waals surface area contributed by atoms with E-state index in [1.54, 1.807) is 69.6 Å². The van der Waals surface area contributed by atoms with Gasteiger partial charge in [0.25, 0.3) is 0 Å². The minimum absolute atomic E-state index is 0. The van der Waals surface area contributed by atoms with Gasteiger partial charge in [-0.15, -0.1) is 0 Å². The predicted molar refractivity (Wildman–Crippen MR) is 295 cm³/mol. The first-order valence-corrected chi connectivity index (χ1v) is 33.4. The molecule has 0 N–H and O–H groups in total. The van der Waals surface area contributed by atoms with Crippen LogP contribution >= 0.6 is 22.2 Å². The van der Waals surface area contributed by atoms with Gasteiger partial charge in [0.2, 0.25) is 0 Å². The first-order valence-electron chi connectivity index (χ1n) is 25.9. The van der Waals surface area contributed by atoms with Crippen molar-refractivity contribution < 1.29 is 87.4 Å². The zero-order valence-corrected chi connectivity index (χ0v) is 53.9. The Morgan fingerprint density at radius 2 is 0.747 bits per heavy atom. The van der Waals surface area contributed by atoms with Gasteiger partial charge >= 0.3 is 89.0 Å². The van der Waals surface area contributed by atoms with Gasteiger partial charge in [-0.3, -0.25) is 0 Å². The maximum Gasteiger partial charge on any atom is 0.0627 e. The molecule has 450 valence electrons. The molecule has 2 aliphatic rings. The van der Waals surface area contributed by atoms with Gasteiger partial charge in [0.15, 0.2) is 10.1 Å². The van der Waals surface area contributed by atoms with E-state index in [0.29, 0.717) is 23.3 Å². The fraction of sp³-hybridized carbons (Fsp3) is 0.472. The van der Waals surface area contributed by atoms with Crippen molar-refractivity contribution in [2.45, 2.75) is 136 Å². The van der Waals surface area contributed by atoms with Gasteiger partial charge in [-0.2, -0.15) is 26.5 Å². The molecule has 2 aliphatic heterocycles. The second kappa shape index (κ2) is 45.1. The molecule has 0 radical (unpaired) electrons. The Morgan fingerprint density at radius 3 is 0.924 bits per heavy atom. The number of alkyl halides is 3. The van der Waals surface area contributed by atoms with Crippen molar-refractivity contribution in [3.8, 4) is 46.1 Å². The van der Waals surface area contributed by atoms with E-state index in [1.807, 2.05) is 36.4 Å². The molecule has 0 spiro atoms. The van der Waals surface area contributed by atoms with E-state index in [-0.39, 0.29) is 22.4 Å². The third-order valence-electron chi connectivity index (χ3n) is 11.1. The van der Waals surface area contributed by atoms with Crippen molar-refractivity contribution in [2.75, 3.05) is 26.2 Å². The number of halogens is 5. The molecule has 0 saturated carbocycles. The van der Waals surface area contributed by atoms with E-state index < -0.39 is 15.6 Å². The first-order chi connectivity index (χ1) is 37.8. The second-order valence-electron chi connectivity index (χ2n) is 17.3. The van der Waals surface area contributed by atoms with Gasteiger partial charge in [0.1, 0.15) is 0 Å². The summed E-state index contributed by atoms with van der Waals surface area (Å²) in [5, 5.41) is 0. The summed E-state index contributed by atoms with van der Waals surface area (Å²) in [4.78, 5) is 50.9. The van der Waals surface area contributed by atoms with E-state index in [0.717, 1.165) is 22.8 Å². The van der Waals surface area contributed by atoms with E-state index >= 15 is 0 Å². The normalized spacial score (nSPS) is 12.3. The topological polar surface area (TPSA) is 204 Å². The molecule has 0 aliphatic carbocycles. The number of unbranched alkanes of at least 4 members (excludes halogenated alkanes) is 12. The Bertz CT molecular complexity index is 2230. The quantitative estimate of drug-likeness (QED) is 0.0182. The Hall–Kier alpha value is -3.49. The number of rotatable bonds is 24. The SMILES string of the molecule is CCCCCCN1C=CN(CCCCCC)[CH-]1.CCCCCCN1C=CN(CCCCCC)[CH-]1.O=S(=O)([O-])C(F)(F)F.[Au+3].[Br][Ag].[Cl][Au].c1cc(-c2ncc[n-]2)nc(-c2ncc[n-]2)c1.c1cc(-c2ncc[n-]2)nc(-c2ncc[n-]2)c1. The molecule has 26 heteroatoms. The summed E-state index contributed by atoms with van der Waals surface area (Å²) >= 11 is 7.26. The summed E-state index contributed by atoms with van der Waals surface area (Å²) in [7, 11) is -1.51. The van der Waals surface area contributed by atoms with Crippen LogP contribution in [0.25, 0.3) is 46.1 Å². The molecular formula is C53H72AgAu2BrClF3N14O3S-4. The molecule has 0 amide bonds. The molecular weight excluding hydrogens is 1590 g/mol. The smallest absolute Gasteiger partial charge is 0.0627 e. The monoisotopic (exact) mass is 1660 g/mol. The summed E-state index contributed by atoms with van der Waals surface area (Å²) in [6.45, 7) is 18.3. The molecule has 79 heavy (non-hydrogen) atoms. The van der Waals surface area contributed by atoms with Crippen molar-refractivity contribution in [1.82, 2.24) is 69.4 Å². The van der Waals surface area contributed by atoms with E-state index in [2.05, 4.69) is 176 Å². The molecule has 8 heterocycles. The second-order valence-corrected chi connectivity index (χ2v) is 18.6. The van der Waals surface area contributed by atoms with Crippen LogP contribution in [-0.4, -0.2) is 94.2 Å². The van der Waals surface area contributed by atoms with Gasteiger partial charge in [0.05, 0.1) is 22.8 Å². The average molecular weight is 1660 g/mol. The molecule has 0 bridgehead atoms. The number of pyridine rings is 2. The molecule has 17 nitrogen and oxygen atoms in total. The number of hydrogen-bond acceptors (Lipinski definition) is 13. The molecule has 0 unspecified atom stereocenters. The van der Waals surface area contributed by atoms with Crippen LogP contribution in [0.5, 0.6) is 0 Å². The third kappa shape index (κ3) is 31.5. The fourth-order valence-electron chi connectivity index (χ4n) is 7.15. The van der Waals surface area contributed by atoms with Gasteiger partial charge in [-0.05, 0) is 124 Å². The Balaban J connectivity index is 0.000000492. The minimum Gasteiger partial charge on any atom is -0.441 e. The third-order valence-corrected chi connectivity index (χ3v) is 11.7. The summed E-state index contributed by atoms with van der Waals surface area (Å²) < 4.78 is 58.9. The largest absolute Gasteiger partial charge is 0.441 e. The van der Waals surface area contributed by atoms with Crippen LogP contribution in [0.3, 0.4) is 0 Å². The predicted octanol–water partition coefficient (Wildman–Crippen LogP) is 12.5. The zero-order valence-electron chi connectivity index (χ0n) is 44.9. The molecule has 0 aromatic carbocycles. The van der Waals surface area contributed by atoms with E-state index in [9.17, 15) is 13.2 Å². The molecule has 0 saturated heterocycles. The van der Waals surface area contributed by atoms with Crippen LogP contribution in [-0.2, 0) is 71.4 Å². The molecule has 0 fully saturated rings. The zero-order chi connectivity index (χ0) is 57.3. The summed E-state index contributed by atoms with van der Waals surface area (Å²) in [5.74, 6) is 2.48. The number of hydrogen-bond donors (Lipinski definition) is 0. The minimum atomic E-state index is -6.09. The summed E-state index contributed by atoms with van der Waals surface area (Å²) in [5.41, 5.74) is -2.73. The Labute approximate surface area is 517 Å². The summed E-state index contributed by atoms with van der Waals surface area (Å²) in [6, 6.07) is 11.2. The van der Waals surface area contributed by atoms with Crippen molar-refractivity contribution in [3.63, 3.8) is 0 Å². The van der Waals surface area contributed by atoms with E-state index in [1.165, 1.54) is 129 Å². The molecule has 6 aromatic heterocycles. The fourth-order valence-corrected chi connectivity index (χ4v) is 7.15. The van der Waals surface area contributed by atoms with Crippen LogP contribution in [0.15, 0.2) is 111 Å². The van der Waals surface area contributed by atoms with Gasteiger partial charge in [-0.25, -0.2) is 18.4 Å².